The van der Waals surface area contributed by atoms with E-state index in [9.17, 15) is 4.79 Å². The van der Waals surface area contributed by atoms with Gasteiger partial charge in [0.2, 0.25) is 5.91 Å². The molecule has 0 aliphatic rings. The van der Waals surface area contributed by atoms with E-state index in [-0.39, 0.29) is 11.9 Å². The Hall–Kier alpha value is -2.53. The number of ether oxygens (including phenoxy) is 2. The summed E-state index contributed by atoms with van der Waals surface area (Å²) in [7, 11) is 5.41. The maximum Gasteiger partial charge on any atom is 0.242 e. The van der Waals surface area contributed by atoms with Gasteiger partial charge in [-0.05, 0) is 43.9 Å². The molecule has 2 aromatic rings. The van der Waals surface area contributed by atoms with Crippen molar-refractivity contribution in [2.75, 3.05) is 34.4 Å². The van der Waals surface area contributed by atoms with Crippen molar-refractivity contribution >= 4 is 5.91 Å². The fraction of sp³-hybridized carbons (Fsp3) is 0.316. The summed E-state index contributed by atoms with van der Waals surface area (Å²) in [5.74, 6) is 1.49. The third-order valence-corrected chi connectivity index (χ3v) is 3.61. The van der Waals surface area contributed by atoms with Crippen LogP contribution in [0, 0.1) is 0 Å². The molecule has 24 heavy (non-hydrogen) atoms. The van der Waals surface area contributed by atoms with E-state index in [0.717, 1.165) is 17.1 Å². The fourth-order valence-corrected chi connectivity index (χ4v) is 2.43. The highest BCUT2D eigenvalue weighted by atomic mass is 16.5. The third kappa shape index (κ3) is 4.99. The average Bonchev–Trinajstić information content (AvgIpc) is 2.60. The van der Waals surface area contributed by atoms with Gasteiger partial charge in [-0.2, -0.15) is 0 Å². The van der Waals surface area contributed by atoms with E-state index in [1.165, 1.54) is 0 Å². The highest BCUT2D eigenvalue weighted by Gasteiger charge is 2.22. The molecule has 0 aliphatic carbocycles. The number of carbonyl (C=O) groups is 1. The van der Waals surface area contributed by atoms with Crippen molar-refractivity contribution in [3.05, 3.63) is 60.2 Å². The number of amides is 1. The molecule has 128 valence electrons. The van der Waals surface area contributed by atoms with Gasteiger partial charge in [0, 0.05) is 0 Å². The average molecular weight is 328 g/mol. The van der Waals surface area contributed by atoms with E-state index >= 15 is 0 Å². The van der Waals surface area contributed by atoms with Gasteiger partial charge in [0.1, 0.15) is 24.1 Å². The number of methoxy groups -OCH3 is 1. The van der Waals surface area contributed by atoms with Crippen molar-refractivity contribution in [1.82, 2.24) is 10.2 Å². The number of likely N-dealkylation sites (N-methyl/N-ethyl adjacent to an activating group) is 1. The molecular weight excluding hydrogens is 304 g/mol. The summed E-state index contributed by atoms with van der Waals surface area (Å²) in [5.41, 5.74) is 0.969. The lowest BCUT2D eigenvalue weighted by molar-refractivity contribution is -0.125. The van der Waals surface area contributed by atoms with E-state index in [0.29, 0.717) is 13.2 Å². The van der Waals surface area contributed by atoms with Crippen molar-refractivity contribution < 1.29 is 14.3 Å². The lowest BCUT2D eigenvalue weighted by Gasteiger charge is -2.23. The zero-order valence-corrected chi connectivity index (χ0v) is 14.4. The Morgan fingerprint density at radius 3 is 2.25 bits per heavy atom. The number of benzene rings is 2. The van der Waals surface area contributed by atoms with Crippen molar-refractivity contribution in [2.24, 2.45) is 0 Å². The molecular formula is C19H24N2O3. The Labute approximate surface area is 143 Å². The number of nitrogens with one attached hydrogen (secondary N) is 1. The highest BCUT2D eigenvalue weighted by molar-refractivity contribution is 5.83. The number of carbonyl (C=O) groups excluding carboxylic acids is 1. The third-order valence-electron chi connectivity index (χ3n) is 3.61. The molecule has 1 amide bonds. The van der Waals surface area contributed by atoms with Gasteiger partial charge in [-0.3, -0.25) is 9.69 Å². The molecule has 0 heterocycles. The van der Waals surface area contributed by atoms with Gasteiger partial charge in [-0.15, -0.1) is 0 Å². The van der Waals surface area contributed by atoms with Crippen LogP contribution in [-0.4, -0.2) is 45.2 Å². The maximum atomic E-state index is 12.5. The summed E-state index contributed by atoms with van der Waals surface area (Å²) in [6.45, 7) is 0.856. The number of hydrogen-bond donors (Lipinski definition) is 1. The Morgan fingerprint density at radius 2 is 1.67 bits per heavy atom. The standard InChI is InChI=1S/C19H24N2O3/c1-21(2)18(15-7-5-4-6-8-15)19(22)20-13-14-24-17-11-9-16(23-3)10-12-17/h4-12,18H,13-14H2,1-3H3,(H,20,22). The molecule has 1 N–H and O–H groups in total. The highest BCUT2D eigenvalue weighted by Crippen LogP contribution is 2.18. The molecule has 0 saturated heterocycles. The zero-order valence-electron chi connectivity index (χ0n) is 14.4. The minimum atomic E-state index is -0.313. The topological polar surface area (TPSA) is 50.8 Å². The van der Waals surface area contributed by atoms with Crippen molar-refractivity contribution in [3.63, 3.8) is 0 Å². The van der Waals surface area contributed by atoms with Crippen LogP contribution < -0.4 is 14.8 Å². The van der Waals surface area contributed by atoms with Crippen molar-refractivity contribution in [2.45, 2.75) is 6.04 Å². The van der Waals surface area contributed by atoms with E-state index in [2.05, 4.69) is 5.32 Å². The lowest BCUT2D eigenvalue weighted by atomic mass is 10.1. The van der Waals surface area contributed by atoms with Crippen LogP contribution in [0.5, 0.6) is 11.5 Å². The number of rotatable bonds is 8. The zero-order chi connectivity index (χ0) is 17.4. The fourth-order valence-electron chi connectivity index (χ4n) is 2.43. The molecule has 0 aliphatic heterocycles. The normalized spacial score (nSPS) is 11.8. The molecule has 0 fully saturated rings. The minimum absolute atomic E-state index is 0.0375. The second-order valence-corrected chi connectivity index (χ2v) is 5.59. The van der Waals surface area contributed by atoms with Gasteiger partial charge in [-0.25, -0.2) is 0 Å². The Balaban J connectivity index is 1.82. The quantitative estimate of drug-likeness (QED) is 0.757. The van der Waals surface area contributed by atoms with Gasteiger partial charge in [0.25, 0.3) is 0 Å². The van der Waals surface area contributed by atoms with Crippen LogP contribution in [0.3, 0.4) is 0 Å². The first-order chi connectivity index (χ1) is 11.6. The first-order valence-electron chi connectivity index (χ1n) is 7.87. The predicted octanol–water partition coefficient (Wildman–Crippen LogP) is 2.49. The van der Waals surface area contributed by atoms with Gasteiger partial charge in [0.15, 0.2) is 0 Å². The molecule has 0 radical (unpaired) electrons. The van der Waals surface area contributed by atoms with Crippen LogP contribution in [0.4, 0.5) is 0 Å². The van der Waals surface area contributed by atoms with Gasteiger partial charge in [-0.1, -0.05) is 30.3 Å². The molecule has 1 unspecified atom stereocenters. The SMILES string of the molecule is COc1ccc(OCCNC(=O)C(c2ccccc2)N(C)C)cc1. The van der Waals surface area contributed by atoms with Gasteiger partial charge >= 0.3 is 0 Å². The second kappa shape index (κ2) is 8.93. The molecule has 5 heteroatoms. The number of nitrogens with zero attached hydrogens (tertiary/aromatic N) is 1. The molecule has 0 aromatic heterocycles. The molecule has 2 aromatic carbocycles. The largest absolute Gasteiger partial charge is 0.497 e. The maximum absolute atomic E-state index is 12.5. The molecule has 0 saturated carbocycles. The molecule has 5 nitrogen and oxygen atoms in total. The number of hydrogen-bond acceptors (Lipinski definition) is 4. The van der Waals surface area contributed by atoms with Gasteiger partial charge < -0.3 is 14.8 Å². The monoisotopic (exact) mass is 328 g/mol. The molecule has 1 atom stereocenters. The van der Waals surface area contributed by atoms with E-state index < -0.39 is 0 Å². The van der Waals surface area contributed by atoms with Crippen LogP contribution in [0.1, 0.15) is 11.6 Å². The molecule has 0 bridgehead atoms. The minimum Gasteiger partial charge on any atom is -0.497 e. The summed E-state index contributed by atoms with van der Waals surface area (Å²) in [6.07, 6.45) is 0. The lowest BCUT2D eigenvalue weighted by Crippen LogP contribution is -2.38. The van der Waals surface area contributed by atoms with E-state index in [1.807, 2.05) is 73.6 Å². The first-order valence-corrected chi connectivity index (χ1v) is 7.87. The van der Waals surface area contributed by atoms with Crippen LogP contribution in [0.15, 0.2) is 54.6 Å². The van der Waals surface area contributed by atoms with Crippen LogP contribution in [0.25, 0.3) is 0 Å². The van der Waals surface area contributed by atoms with E-state index in [1.54, 1.807) is 7.11 Å². The Morgan fingerprint density at radius 1 is 1.04 bits per heavy atom. The first kappa shape index (κ1) is 17.8. The van der Waals surface area contributed by atoms with Crippen molar-refractivity contribution in [1.29, 1.82) is 0 Å². The smallest absolute Gasteiger partial charge is 0.242 e. The summed E-state index contributed by atoms with van der Waals surface area (Å²) in [4.78, 5) is 14.4. The van der Waals surface area contributed by atoms with Crippen molar-refractivity contribution in [3.8, 4) is 11.5 Å². The Kier molecular flexibility index (Phi) is 6.63. The second-order valence-electron chi connectivity index (χ2n) is 5.59. The van der Waals surface area contributed by atoms with Crippen LogP contribution in [-0.2, 0) is 4.79 Å². The predicted molar refractivity (Wildman–Crippen MR) is 94.4 cm³/mol. The summed E-state index contributed by atoms with van der Waals surface area (Å²) in [6, 6.07) is 16.8. The Bertz CT molecular complexity index is 627. The molecule has 2 rings (SSSR count). The molecule has 0 spiro atoms. The summed E-state index contributed by atoms with van der Waals surface area (Å²) in [5, 5.41) is 2.93. The summed E-state index contributed by atoms with van der Waals surface area (Å²) >= 11 is 0. The van der Waals surface area contributed by atoms with Crippen LogP contribution >= 0.6 is 0 Å². The van der Waals surface area contributed by atoms with E-state index in [4.69, 9.17) is 9.47 Å². The van der Waals surface area contributed by atoms with Gasteiger partial charge in [0.05, 0.1) is 13.7 Å². The van der Waals surface area contributed by atoms with Crippen LogP contribution in [0.2, 0.25) is 0 Å². The summed E-state index contributed by atoms with van der Waals surface area (Å²) < 4.78 is 10.7.